The summed E-state index contributed by atoms with van der Waals surface area (Å²) in [4.78, 5) is 17.7. The summed E-state index contributed by atoms with van der Waals surface area (Å²) >= 11 is 1.48. The van der Waals surface area contributed by atoms with Gasteiger partial charge < -0.3 is 5.32 Å². The summed E-state index contributed by atoms with van der Waals surface area (Å²) in [7, 11) is 1.89. The summed E-state index contributed by atoms with van der Waals surface area (Å²) in [6.07, 6.45) is 2.57. The predicted octanol–water partition coefficient (Wildman–Crippen LogP) is 3.19. The SMILES string of the molecule is CC[C@@H](NC(=O)c1sc(C(C)C)nc1C)c1ccnn1C. The van der Waals surface area contributed by atoms with E-state index in [4.69, 9.17) is 0 Å². The van der Waals surface area contributed by atoms with E-state index in [0.29, 0.717) is 10.8 Å². The van der Waals surface area contributed by atoms with Crippen molar-refractivity contribution in [2.45, 2.75) is 46.1 Å². The first-order valence-electron chi connectivity index (χ1n) is 7.20. The number of carbonyl (C=O) groups is 1. The fourth-order valence-electron chi connectivity index (χ4n) is 2.21. The Hall–Kier alpha value is -1.69. The normalized spacial score (nSPS) is 12.7. The molecule has 0 fully saturated rings. The molecular weight excluding hydrogens is 284 g/mol. The van der Waals surface area contributed by atoms with Crippen LogP contribution in [0.4, 0.5) is 0 Å². The molecule has 2 heterocycles. The Balaban J connectivity index is 2.19. The molecule has 0 unspecified atom stereocenters. The van der Waals surface area contributed by atoms with Gasteiger partial charge in [-0.05, 0) is 19.4 Å². The first-order valence-corrected chi connectivity index (χ1v) is 8.01. The molecule has 0 spiro atoms. The number of carbonyl (C=O) groups excluding carboxylic acids is 1. The topological polar surface area (TPSA) is 59.8 Å². The van der Waals surface area contributed by atoms with Gasteiger partial charge in [0, 0.05) is 19.2 Å². The number of rotatable bonds is 5. The molecule has 0 saturated heterocycles. The molecule has 0 aliphatic heterocycles. The lowest BCUT2D eigenvalue weighted by Crippen LogP contribution is -2.29. The van der Waals surface area contributed by atoms with E-state index in [9.17, 15) is 4.79 Å². The molecule has 0 radical (unpaired) electrons. The van der Waals surface area contributed by atoms with Crippen LogP contribution in [-0.4, -0.2) is 20.7 Å². The lowest BCUT2D eigenvalue weighted by atomic mass is 10.1. The Kier molecular flexibility index (Phi) is 4.77. The highest BCUT2D eigenvalue weighted by Gasteiger charge is 2.21. The average molecular weight is 306 g/mol. The van der Waals surface area contributed by atoms with Crippen molar-refractivity contribution in [3.8, 4) is 0 Å². The van der Waals surface area contributed by atoms with E-state index >= 15 is 0 Å². The van der Waals surface area contributed by atoms with Gasteiger partial charge in [0.05, 0.1) is 22.4 Å². The summed E-state index contributed by atoms with van der Waals surface area (Å²) in [5.41, 5.74) is 1.82. The minimum atomic E-state index is -0.0510. The van der Waals surface area contributed by atoms with Crippen molar-refractivity contribution in [2.24, 2.45) is 7.05 Å². The van der Waals surface area contributed by atoms with Gasteiger partial charge in [-0.3, -0.25) is 9.48 Å². The quantitative estimate of drug-likeness (QED) is 0.923. The molecule has 21 heavy (non-hydrogen) atoms. The van der Waals surface area contributed by atoms with Crippen molar-refractivity contribution >= 4 is 17.2 Å². The molecule has 1 N–H and O–H groups in total. The van der Waals surface area contributed by atoms with E-state index < -0.39 is 0 Å². The fourth-order valence-corrected chi connectivity index (χ4v) is 3.18. The first-order chi connectivity index (χ1) is 9.93. The molecule has 2 aromatic rings. The number of thiazole rings is 1. The molecule has 0 bridgehead atoms. The van der Waals surface area contributed by atoms with Crippen LogP contribution in [0.25, 0.3) is 0 Å². The molecular formula is C15H22N4OS. The largest absolute Gasteiger partial charge is 0.343 e. The third kappa shape index (κ3) is 3.32. The first kappa shape index (κ1) is 15.7. The van der Waals surface area contributed by atoms with Crippen LogP contribution in [0.1, 0.15) is 65.2 Å². The maximum Gasteiger partial charge on any atom is 0.263 e. The molecule has 0 saturated carbocycles. The third-order valence-electron chi connectivity index (χ3n) is 3.44. The summed E-state index contributed by atoms with van der Waals surface area (Å²) in [6.45, 7) is 8.12. The van der Waals surface area contributed by atoms with Gasteiger partial charge >= 0.3 is 0 Å². The zero-order valence-corrected chi connectivity index (χ0v) is 14.0. The van der Waals surface area contributed by atoms with Crippen molar-refractivity contribution in [2.75, 3.05) is 0 Å². The fraction of sp³-hybridized carbons (Fsp3) is 0.533. The number of hydrogen-bond donors (Lipinski definition) is 1. The Morgan fingerprint density at radius 2 is 2.19 bits per heavy atom. The Morgan fingerprint density at radius 3 is 2.67 bits per heavy atom. The molecule has 5 nitrogen and oxygen atoms in total. The van der Waals surface area contributed by atoms with Crippen LogP contribution >= 0.6 is 11.3 Å². The van der Waals surface area contributed by atoms with Crippen LogP contribution < -0.4 is 5.32 Å². The molecule has 1 amide bonds. The lowest BCUT2D eigenvalue weighted by Gasteiger charge is -2.16. The second-order valence-electron chi connectivity index (χ2n) is 5.44. The van der Waals surface area contributed by atoms with Crippen molar-refractivity contribution in [3.05, 3.63) is 33.5 Å². The number of nitrogens with one attached hydrogen (secondary N) is 1. The van der Waals surface area contributed by atoms with E-state index in [2.05, 4.69) is 36.2 Å². The van der Waals surface area contributed by atoms with Gasteiger partial charge in [-0.2, -0.15) is 5.10 Å². The molecule has 0 aliphatic carbocycles. The molecule has 1 atom stereocenters. The van der Waals surface area contributed by atoms with Crippen LogP contribution in [0, 0.1) is 6.92 Å². The zero-order chi connectivity index (χ0) is 15.6. The van der Waals surface area contributed by atoms with Gasteiger partial charge in [0.25, 0.3) is 5.91 Å². The molecule has 2 rings (SSSR count). The number of aromatic nitrogens is 3. The highest BCUT2D eigenvalue weighted by Crippen LogP contribution is 2.25. The summed E-state index contributed by atoms with van der Waals surface area (Å²) in [5.74, 6) is 0.291. The van der Waals surface area contributed by atoms with Crippen molar-refractivity contribution in [3.63, 3.8) is 0 Å². The highest BCUT2D eigenvalue weighted by atomic mass is 32.1. The molecule has 0 aliphatic rings. The number of nitrogens with zero attached hydrogens (tertiary/aromatic N) is 3. The van der Waals surface area contributed by atoms with Crippen LogP contribution in [0.3, 0.4) is 0 Å². The highest BCUT2D eigenvalue weighted by molar-refractivity contribution is 7.13. The van der Waals surface area contributed by atoms with Crippen LogP contribution in [-0.2, 0) is 7.05 Å². The van der Waals surface area contributed by atoms with E-state index in [-0.39, 0.29) is 11.9 Å². The van der Waals surface area contributed by atoms with Gasteiger partial charge in [-0.15, -0.1) is 11.3 Å². The molecule has 114 valence electrons. The second-order valence-corrected chi connectivity index (χ2v) is 6.47. The Labute approximate surface area is 129 Å². The predicted molar refractivity (Wildman–Crippen MR) is 84.6 cm³/mol. The van der Waals surface area contributed by atoms with E-state index in [1.54, 1.807) is 10.9 Å². The second kappa shape index (κ2) is 6.39. The average Bonchev–Trinajstić information content (AvgIpc) is 3.02. The van der Waals surface area contributed by atoms with E-state index in [1.807, 2.05) is 20.0 Å². The molecule has 6 heteroatoms. The van der Waals surface area contributed by atoms with Crippen molar-refractivity contribution in [1.29, 1.82) is 0 Å². The van der Waals surface area contributed by atoms with Gasteiger partial charge in [-0.25, -0.2) is 4.98 Å². The summed E-state index contributed by atoms with van der Waals surface area (Å²) < 4.78 is 1.80. The number of aryl methyl sites for hydroxylation is 2. The van der Waals surface area contributed by atoms with E-state index in [1.165, 1.54) is 11.3 Å². The monoisotopic (exact) mass is 306 g/mol. The standard InChI is InChI=1S/C15H22N4OS/c1-6-11(12-7-8-16-19(12)5)18-14(20)13-10(4)17-15(21-13)9(2)3/h7-9,11H,6H2,1-5H3,(H,18,20)/t11-/m1/s1. The van der Waals surface area contributed by atoms with Gasteiger partial charge in [0.1, 0.15) is 4.88 Å². The van der Waals surface area contributed by atoms with Gasteiger partial charge in [0.2, 0.25) is 0 Å². The van der Waals surface area contributed by atoms with Crippen LogP contribution in [0.15, 0.2) is 12.3 Å². The third-order valence-corrected chi connectivity index (χ3v) is 4.90. The van der Waals surface area contributed by atoms with Gasteiger partial charge in [-0.1, -0.05) is 20.8 Å². The zero-order valence-electron chi connectivity index (χ0n) is 13.2. The van der Waals surface area contributed by atoms with Crippen molar-refractivity contribution < 1.29 is 4.79 Å². The van der Waals surface area contributed by atoms with Crippen LogP contribution in [0.2, 0.25) is 0 Å². The molecule has 2 aromatic heterocycles. The van der Waals surface area contributed by atoms with Gasteiger partial charge in [0.15, 0.2) is 0 Å². The number of hydrogen-bond acceptors (Lipinski definition) is 4. The minimum Gasteiger partial charge on any atom is -0.343 e. The Bertz CT molecular complexity index is 629. The molecule has 0 aromatic carbocycles. The van der Waals surface area contributed by atoms with Crippen LogP contribution in [0.5, 0.6) is 0 Å². The Morgan fingerprint density at radius 1 is 1.48 bits per heavy atom. The van der Waals surface area contributed by atoms with E-state index in [0.717, 1.165) is 22.8 Å². The maximum absolute atomic E-state index is 12.5. The lowest BCUT2D eigenvalue weighted by molar-refractivity contribution is 0.0937. The summed E-state index contributed by atoms with van der Waals surface area (Å²) in [6, 6.07) is 1.90. The number of amides is 1. The summed E-state index contributed by atoms with van der Waals surface area (Å²) in [5, 5.41) is 8.26. The van der Waals surface area contributed by atoms with Crippen molar-refractivity contribution in [1.82, 2.24) is 20.1 Å². The minimum absolute atomic E-state index is 0.0333. The maximum atomic E-state index is 12.5. The smallest absolute Gasteiger partial charge is 0.263 e.